The molecule has 0 radical (unpaired) electrons. The first-order chi connectivity index (χ1) is 8.79. The third-order valence-corrected chi connectivity index (χ3v) is 4.62. The van der Waals surface area contributed by atoms with Crippen LogP contribution in [0.2, 0.25) is 0 Å². The van der Waals surface area contributed by atoms with Crippen molar-refractivity contribution in [3.05, 3.63) is 0 Å². The quantitative estimate of drug-likeness (QED) is 0.831. The molecule has 0 aromatic carbocycles. The Balaban J connectivity index is 2.01. The Bertz CT molecular complexity index is 342. The summed E-state index contributed by atoms with van der Waals surface area (Å²) in [5, 5.41) is 5.21. The number of amides is 1. The molecule has 1 saturated heterocycles. The van der Waals surface area contributed by atoms with Crippen molar-refractivity contribution in [2.24, 2.45) is 10.8 Å². The first-order valence-electron chi connectivity index (χ1n) is 6.85. The molecule has 1 saturated carbocycles. The van der Waals surface area contributed by atoms with Crippen LogP contribution >= 0.6 is 0 Å². The minimum absolute atomic E-state index is 0.0333. The normalized spacial score (nSPS) is 30.5. The van der Waals surface area contributed by atoms with Crippen molar-refractivity contribution in [1.82, 2.24) is 10.6 Å². The third-order valence-electron chi connectivity index (χ3n) is 4.62. The Morgan fingerprint density at radius 1 is 1.26 bits per heavy atom. The molecular formula is C13H21F3N2O. The van der Waals surface area contributed by atoms with Gasteiger partial charge in [0.2, 0.25) is 5.91 Å². The van der Waals surface area contributed by atoms with Gasteiger partial charge in [-0.25, -0.2) is 0 Å². The van der Waals surface area contributed by atoms with E-state index in [0.717, 1.165) is 25.7 Å². The van der Waals surface area contributed by atoms with Crippen LogP contribution in [-0.4, -0.2) is 31.7 Å². The second-order valence-electron chi connectivity index (χ2n) is 6.21. The van der Waals surface area contributed by atoms with Crippen LogP contribution in [0.4, 0.5) is 13.2 Å². The monoisotopic (exact) mass is 278 g/mol. The van der Waals surface area contributed by atoms with Gasteiger partial charge in [0.15, 0.2) is 5.41 Å². The number of alkyl halides is 3. The summed E-state index contributed by atoms with van der Waals surface area (Å²) >= 11 is 0. The molecule has 1 aliphatic carbocycles. The van der Waals surface area contributed by atoms with Crippen molar-refractivity contribution in [3.8, 4) is 0 Å². The van der Waals surface area contributed by atoms with Crippen LogP contribution in [0.1, 0.15) is 39.0 Å². The van der Waals surface area contributed by atoms with E-state index >= 15 is 0 Å². The molecule has 1 unspecified atom stereocenters. The van der Waals surface area contributed by atoms with Crippen molar-refractivity contribution in [2.75, 3.05) is 19.6 Å². The molecule has 2 fully saturated rings. The Hall–Kier alpha value is -0.780. The number of carbonyl (C=O) groups is 1. The minimum atomic E-state index is -4.49. The summed E-state index contributed by atoms with van der Waals surface area (Å²) in [7, 11) is 0. The van der Waals surface area contributed by atoms with Crippen LogP contribution in [0, 0.1) is 10.8 Å². The maximum absolute atomic E-state index is 13.2. The maximum atomic E-state index is 13.2. The lowest BCUT2D eigenvalue weighted by molar-refractivity contribution is -0.216. The first-order valence-corrected chi connectivity index (χ1v) is 6.85. The van der Waals surface area contributed by atoms with Crippen LogP contribution in [0.5, 0.6) is 0 Å². The van der Waals surface area contributed by atoms with E-state index in [2.05, 4.69) is 10.6 Å². The lowest BCUT2D eigenvalue weighted by atomic mass is 9.83. The van der Waals surface area contributed by atoms with Crippen LogP contribution in [0.25, 0.3) is 0 Å². The molecule has 0 bridgehead atoms. The summed E-state index contributed by atoms with van der Waals surface area (Å²) < 4.78 is 39.5. The number of hydrogen-bond acceptors (Lipinski definition) is 2. The van der Waals surface area contributed by atoms with Gasteiger partial charge in [0.25, 0.3) is 0 Å². The Morgan fingerprint density at radius 2 is 1.89 bits per heavy atom. The smallest absolute Gasteiger partial charge is 0.355 e. The number of carbonyl (C=O) groups excluding carboxylic acids is 1. The molecule has 2 rings (SSSR count). The second kappa shape index (κ2) is 4.96. The molecule has 0 spiro atoms. The zero-order chi connectivity index (χ0) is 14.1. The number of rotatable bonds is 3. The maximum Gasteiger partial charge on any atom is 0.404 e. The minimum Gasteiger partial charge on any atom is -0.355 e. The van der Waals surface area contributed by atoms with Gasteiger partial charge in [0.05, 0.1) is 0 Å². The average Bonchev–Trinajstić information content (AvgIpc) is 2.94. The second-order valence-corrected chi connectivity index (χ2v) is 6.21. The van der Waals surface area contributed by atoms with Gasteiger partial charge in [-0.15, -0.1) is 0 Å². The fourth-order valence-electron chi connectivity index (χ4n) is 3.12. The zero-order valence-corrected chi connectivity index (χ0v) is 11.2. The average molecular weight is 278 g/mol. The van der Waals surface area contributed by atoms with Gasteiger partial charge in [-0.2, -0.15) is 13.2 Å². The molecule has 2 N–H and O–H groups in total. The lowest BCUT2D eigenvalue weighted by Gasteiger charge is -2.32. The Labute approximate surface area is 111 Å². The zero-order valence-electron chi connectivity index (χ0n) is 11.2. The van der Waals surface area contributed by atoms with Gasteiger partial charge in [-0.3, -0.25) is 4.79 Å². The summed E-state index contributed by atoms with van der Waals surface area (Å²) in [5.74, 6) is -0.863. The summed E-state index contributed by atoms with van der Waals surface area (Å²) in [4.78, 5) is 12.0. The van der Waals surface area contributed by atoms with Gasteiger partial charge < -0.3 is 10.6 Å². The molecule has 1 atom stereocenters. The van der Waals surface area contributed by atoms with E-state index in [0.29, 0.717) is 6.54 Å². The highest BCUT2D eigenvalue weighted by Gasteiger charge is 2.61. The highest BCUT2D eigenvalue weighted by molar-refractivity contribution is 5.84. The van der Waals surface area contributed by atoms with E-state index in [1.807, 2.05) is 6.92 Å². The van der Waals surface area contributed by atoms with Crippen LogP contribution in [0.15, 0.2) is 0 Å². The summed E-state index contributed by atoms with van der Waals surface area (Å²) in [5.41, 5.74) is -2.27. The van der Waals surface area contributed by atoms with Crippen LogP contribution < -0.4 is 10.6 Å². The molecule has 0 aromatic rings. The Morgan fingerprint density at radius 3 is 2.37 bits per heavy atom. The largest absolute Gasteiger partial charge is 0.404 e. The topological polar surface area (TPSA) is 41.1 Å². The van der Waals surface area contributed by atoms with E-state index in [1.165, 1.54) is 0 Å². The first kappa shape index (κ1) is 14.6. The van der Waals surface area contributed by atoms with Gasteiger partial charge in [0, 0.05) is 13.1 Å². The molecule has 6 heteroatoms. The molecule has 110 valence electrons. The highest BCUT2D eigenvalue weighted by atomic mass is 19.4. The van der Waals surface area contributed by atoms with Crippen LogP contribution in [0.3, 0.4) is 0 Å². The van der Waals surface area contributed by atoms with Crippen molar-refractivity contribution in [2.45, 2.75) is 45.2 Å². The van der Waals surface area contributed by atoms with E-state index < -0.39 is 17.5 Å². The van der Waals surface area contributed by atoms with Crippen molar-refractivity contribution < 1.29 is 18.0 Å². The number of nitrogens with one attached hydrogen (secondary N) is 2. The van der Waals surface area contributed by atoms with E-state index in [1.54, 1.807) is 0 Å². The van der Waals surface area contributed by atoms with Crippen molar-refractivity contribution >= 4 is 5.91 Å². The summed E-state index contributed by atoms with van der Waals surface area (Å²) in [6.45, 7) is 2.32. The molecule has 1 heterocycles. The van der Waals surface area contributed by atoms with Crippen LogP contribution in [-0.2, 0) is 4.79 Å². The summed E-state index contributed by atoms with van der Waals surface area (Å²) in [6, 6.07) is 0. The predicted octanol–water partition coefficient (Wildman–Crippen LogP) is 2.22. The van der Waals surface area contributed by atoms with Crippen molar-refractivity contribution in [3.63, 3.8) is 0 Å². The molecule has 19 heavy (non-hydrogen) atoms. The van der Waals surface area contributed by atoms with E-state index in [-0.39, 0.29) is 24.9 Å². The van der Waals surface area contributed by atoms with E-state index in [9.17, 15) is 18.0 Å². The number of halogens is 3. The van der Waals surface area contributed by atoms with Gasteiger partial charge in [-0.05, 0) is 31.2 Å². The molecular weight excluding hydrogens is 257 g/mol. The third kappa shape index (κ3) is 2.73. The Kier molecular flexibility index (Phi) is 3.82. The van der Waals surface area contributed by atoms with Gasteiger partial charge in [0.1, 0.15) is 0 Å². The fourth-order valence-corrected chi connectivity index (χ4v) is 3.12. The van der Waals surface area contributed by atoms with Crippen molar-refractivity contribution in [1.29, 1.82) is 0 Å². The molecule has 3 nitrogen and oxygen atoms in total. The standard InChI is InChI=1S/C13H21F3N2O/c1-11(4-2-3-5-11)8-18-10(19)12(13(14,15)16)6-7-17-9-12/h17H,2-9H2,1H3,(H,18,19). The molecule has 1 amide bonds. The highest BCUT2D eigenvalue weighted by Crippen LogP contribution is 2.43. The van der Waals surface area contributed by atoms with Gasteiger partial charge in [-0.1, -0.05) is 19.8 Å². The SMILES string of the molecule is CC1(CNC(=O)C2(C(F)(F)F)CCNC2)CCCC1. The summed E-state index contributed by atoms with van der Waals surface area (Å²) in [6.07, 6.45) is -0.512. The molecule has 2 aliphatic rings. The number of hydrogen-bond donors (Lipinski definition) is 2. The lowest BCUT2D eigenvalue weighted by Crippen LogP contribution is -2.53. The molecule has 0 aromatic heterocycles. The predicted molar refractivity (Wildman–Crippen MR) is 65.6 cm³/mol. The van der Waals surface area contributed by atoms with E-state index in [4.69, 9.17) is 0 Å². The van der Waals surface area contributed by atoms with Gasteiger partial charge >= 0.3 is 6.18 Å². The molecule has 1 aliphatic heterocycles. The fraction of sp³-hybridized carbons (Fsp3) is 0.923.